The van der Waals surface area contributed by atoms with Gasteiger partial charge in [0.1, 0.15) is 0 Å². The molecule has 2 heterocycles. The molecule has 3 amide bonds. The van der Waals surface area contributed by atoms with E-state index < -0.39 is 0 Å². The number of nitrogens with one attached hydrogen (secondary N) is 1. The van der Waals surface area contributed by atoms with E-state index >= 15 is 0 Å². The van der Waals surface area contributed by atoms with E-state index in [-0.39, 0.29) is 11.9 Å². The average Bonchev–Trinajstić information content (AvgIpc) is 3.09. The summed E-state index contributed by atoms with van der Waals surface area (Å²) in [5.41, 5.74) is 0.943. The van der Waals surface area contributed by atoms with Gasteiger partial charge < -0.3 is 15.1 Å². The number of hydrogen-bond donors (Lipinski definition) is 1. The predicted molar refractivity (Wildman–Crippen MR) is 110 cm³/mol. The maximum Gasteiger partial charge on any atom is 0.317 e. The van der Waals surface area contributed by atoms with E-state index in [1.54, 1.807) is 17.0 Å². The quantitative estimate of drug-likeness (QED) is 0.793. The third kappa shape index (κ3) is 5.86. The molecule has 1 aromatic carbocycles. The number of nitrogens with zero attached hydrogens (tertiary/aromatic N) is 2. The molecule has 0 atom stereocenters. The summed E-state index contributed by atoms with van der Waals surface area (Å²) in [6.45, 7) is 2.78. The van der Waals surface area contributed by atoms with Gasteiger partial charge in [0.05, 0.1) is 10.8 Å². The number of rotatable bonds is 5. The molecule has 3 rings (SSSR count). The van der Waals surface area contributed by atoms with Crippen molar-refractivity contribution in [2.24, 2.45) is 0 Å². The third-order valence-corrected chi connectivity index (χ3v) is 6.01. The molecule has 1 fully saturated rings. The molecular weight excluding hydrogens is 405 g/mol. The predicted octanol–water partition coefficient (Wildman–Crippen LogP) is 3.69. The van der Waals surface area contributed by atoms with E-state index in [0.717, 1.165) is 21.2 Å². The van der Waals surface area contributed by atoms with E-state index in [1.807, 2.05) is 29.2 Å². The smallest absolute Gasteiger partial charge is 0.317 e. The summed E-state index contributed by atoms with van der Waals surface area (Å²) in [5, 5.41) is 3.59. The Bertz CT molecular complexity index is 787. The van der Waals surface area contributed by atoms with Crippen LogP contribution in [0.2, 0.25) is 9.36 Å². The van der Waals surface area contributed by atoms with Crippen molar-refractivity contribution in [2.75, 3.05) is 32.7 Å². The first-order valence-corrected chi connectivity index (χ1v) is 10.4. The molecule has 0 bridgehead atoms. The Morgan fingerprint density at radius 2 is 1.63 bits per heavy atom. The largest absolute Gasteiger partial charge is 0.339 e. The van der Waals surface area contributed by atoms with Crippen molar-refractivity contribution in [3.63, 3.8) is 0 Å². The van der Waals surface area contributed by atoms with Gasteiger partial charge in [0, 0.05) is 42.6 Å². The van der Waals surface area contributed by atoms with Crippen LogP contribution in [0.4, 0.5) is 4.79 Å². The molecule has 1 aromatic heterocycles. The van der Waals surface area contributed by atoms with Crippen LogP contribution >= 0.6 is 34.5 Å². The van der Waals surface area contributed by atoms with Crippen molar-refractivity contribution in [1.29, 1.82) is 0 Å². The number of benzene rings is 1. The molecule has 0 spiro atoms. The summed E-state index contributed by atoms with van der Waals surface area (Å²) in [4.78, 5) is 29.4. The normalized spacial score (nSPS) is 14.3. The summed E-state index contributed by atoms with van der Waals surface area (Å²) in [5.74, 6) is 0.0759. The number of hydrogen-bond acceptors (Lipinski definition) is 3. The Morgan fingerprint density at radius 3 is 2.26 bits per heavy atom. The number of piperazine rings is 1. The number of halogens is 2. The third-order valence-electron chi connectivity index (χ3n) is 4.46. The lowest BCUT2D eigenvalue weighted by Gasteiger charge is -2.34. The fraction of sp³-hybridized carbons (Fsp3) is 0.368. The Labute approximate surface area is 172 Å². The Balaban J connectivity index is 1.39. The van der Waals surface area contributed by atoms with Crippen molar-refractivity contribution in [2.45, 2.75) is 12.8 Å². The molecule has 0 unspecified atom stereocenters. The van der Waals surface area contributed by atoms with Gasteiger partial charge in [0.2, 0.25) is 5.91 Å². The second-order valence-electron chi connectivity index (χ2n) is 6.36. The van der Waals surface area contributed by atoms with Crippen molar-refractivity contribution in [3.8, 4) is 0 Å². The summed E-state index contributed by atoms with van der Waals surface area (Å²) >= 11 is 13.3. The maximum absolute atomic E-state index is 12.4. The van der Waals surface area contributed by atoms with Gasteiger partial charge >= 0.3 is 6.03 Å². The van der Waals surface area contributed by atoms with E-state index in [1.165, 1.54) is 11.3 Å². The van der Waals surface area contributed by atoms with Gasteiger partial charge in [-0.05, 0) is 36.2 Å². The van der Waals surface area contributed by atoms with Crippen LogP contribution in [0, 0.1) is 0 Å². The van der Waals surface area contributed by atoms with Crippen LogP contribution in [0.5, 0.6) is 0 Å². The standard InChI is InChI=1S/C19H21Cl2N3O2S/c20-15-3-1-14(2-4-15)13-18(25)23-9-11-24(12-10-23)19(26)22-8-7-16-5-6-17(21)27-16/h1-6H,7-13H2,(H,22,26). The first kappa shape index (κ1) is 20.0. The number of carbonyl (C=O) groups is 2. The number of carbonyl (C=O) groups excluding carboxylic acids is 2. The topological polar surface area (TPSA) is 52.7 Å². The zero-order chi connectivity index (χ0) is 19.2. The maximum atomic E-state index is 12.4. The molecule has 27 heavy (non-hydrogen) atoms. The molecule has 144 valence electrons. The van der Waals surface area contributed by atoms with Gasteiger partial charge in [-0.3, -0.25) is 4.79 Å². The summed E-state index contributed by atoms with van der Waals surface area (Å²) < 4.78 is 0.760. The summed E-state index contributed by atoms with van der Waals surface area (Å²) in [7, 11) is 0. The van der Waals surface area contributed by atoms with Crippen molar-refractivity contribution in [3.05, 3.63) is 56.2 Å². The minimum atomic E-state index is -0.0811. The van der Waals surface area contributed by atoms with E-state index in [2.05, 4.69) is 5.32 Å². The summed E-state index contributed by atoms with van der Waals surface area (Å²) in [6, 6.07) is 11.1. The van der Waals surface area contributed by atoms with Crippen LogP contribution in [0.15, 0.2) is 36.4 Å². The molecule has 1 saturated heterocycles. The Hall–Kier alpha value is -1.76. The van der Waals surface area contributed by atoms with Gasteiger partial charge in [-0.25, -0.2) is 4.79 Å². The van der Waals surface area contributed by atoms with Gasteiger partial charge in [-0.15, -0.1) is 11.3 Å². The highest BCUT2D eigenvalue weighted by molar-refractivity contribution is 7.16. The summed E-state index contributed by atoms with van der Waals surface area (Å²) in [6.07, 6.45) is 1.12. The molecule has 1 aliphatic rings. The Kier molecular flexibility index (Phi) is 6.99. The first-order valence-electron chi connectivity index (χ1n) is 8.80. The zero-order valence-corrected chi connectivity index (χ0v) is 17.1. The molecule has 5 nitrogen and oxygen atoms in total. The van der Waals surface area contributed by atoms with Crippen LogP contribution in [-0.4, -0.2) is 54.5 Å². The van der Waals surface area contributed by atoms with E-state index in [4.69, 9.17) is 23.2 Å². The van der Waals surface area contributed by atoms with Crippen LogP contribution in [0.3, 0.4) is 0 Å². The number of amides is 3. The zero-order valence-electron chi connectivity index (χ0n) is 14.8. The van der Waals surface area contributed by atoms with E-state index in [0.29, 0.717) is 44.2 Å². The van der Waals surface area contributed by atoms with Crippen LogP contribution in [0.25, 0.3) is 0 Å². The van der Waals surface area contributed by atoms with Crippen LogP contribution < -0.4 is 5.32 Å². The monoisotopic (exact) mass is 425 g/mol. The van der Waals surface area contributed by atoms with Gasteiger partial charge in [-0.2, -0.15) is 0 Å². The molecule has 0 saturated carbocycles. The molecule has 1 aliphatic heterocycles. The fourth-order valence-electron chi connectivity index (χ4n) is 2.94. The second-order valence-corrected chi connectivity index (χ2v) is 8.59. The molecule has 0 radical (unpaired) electrons. The SMILES string of the molecule is O=C(Cc1ccc(Cl)cc1)N1CCN(C(=O)NCCc2ccc(Cl)s2)CC1. The van der Waals surface area contributed by atoms with Gasteiger partial charge in [0.25, 0.3) is 0 Å². The second kappa shape index (κ2) is 9.44. The lowest BCUT2D eigenvalue weighted by Crippen LogP contribution is -2.53. The molecule has 1 N–H and O–H groups in total. The van der Waals surface area contributed by atoms with Crippen LogP contribution in [-0.2, 0) is 17.6 Å². The highest BCUT2D eigenvalue weighted by Gasteiger charge is 2.23. The number of thiophene rings is 1. The lowest BCUT2D eigenvalue weighted by molar-refractivity contribution is -0.131. The van der Waals surface area contributed by atoms with Gasteiger partial charge in [0.15, 0.2) is 0 Å². The van der Waals surface area contributed by atoms with Crippen molar-refractivity contribution < 1.29 is 9.59 Å². The fourth-order valence-corrected chi connectivity index (χ4v) is 4.15. The van der Waals surface area contributed by atoms with Crippen molar-refractivity contribution in [1.82, 2.24) is 15.1 Å². The van der Waals surface area contributed by atoms with E-state index in [9.17, 15) is 9.59 Å². The van der Waals surface area contributed by atoms with Gasteiger partial charge in [-0.1, -0.05) is 35.3 Å². The first-order chi connectivity index (χ1) is 13.0. The molecule has 8 heteroatoms. The molecular formula is C19H21Cl2N3O2S. The lowest BCUT2D eigenvalue weighted by atomic mass is 10.1. The minimum absolute atomic E-state index is 0.0759. The minimum Gasteiger partial charge on any atom is -0.339 e. The molecule has 0 aliphatic carbocycles. The molecule has 2 aromatic rings. The highest BCUT2D eigenvalue weighted by atomic mass is 35.5. The Morgan fingerprint density at radius 1 is 0.963 bits per heavy atom. The highest BCUT2D eigenvalue weighted by Crippen LogP contribution is 2.21. The van der Waals surface area contributed by atoms with Crippen molar-refractivity contribution >= 4 is 46.5 Å². The van der Waals surface area contributed by atoms with Crippen LogP contribution in [0.1, 0.15) is 10.4 Å². The average molecular weight is 426 g/mol. The number of urea groups is 1.